The summed E-state index contributed by atoms with van der Waals surface area (Å²) >= 11 is 5.31. The van der Waals surface area contributed by atoms with Crippen molar-refractivity contribution in [1.82, 2.24) is 9.62 Å². The summed E-state index contributed by atoms with van der Waals surface area (Å²) in [5, 5.41) is 2.35. The third-order valence-electron chi connectivity index (χ3n) is 2.42. The number of sulfonamides is 1. The molecule has 0 saturated carbocycles. The Balaban J connectivity index is 3.20. The summed E-state index contributed by atoms with van der Waals surface area (Å²) in [4.78, 5) is 10.9. The van der Waals surface area contributed by atoms with Crippen molar-refractivity contribution in [3.8, 4) is 0 Å². The molecule has 1 rings (SSSR count). The molecule has 0 bridgehead atoms. The topological polar surface area (TPSA) is 66.5 Å². The number of alkyl halides is 1. The van der Waals surface area contributed by atoms with E-state index >= 15 is 0 Å². The highest BCUT2D eigenvalue weighted by atomic mass is 35.5. The van der Waals surface area contributed by atoms with Crippen LogP contribution in [0.15, 0.2) is 23.1 Å². The minimum atomic E-state index is -3.78. The molecule has 0 aliphatic heterocycles. The second-order valence-electron chi connectivity index (χ2n) is 3.91. The van der Waals surface area contributed by atoms with E-state index in [1.165, 1.54) is 26.2 Å². The maximum absolute atomic E-state index is 13.7. The lowest BCUT2D eigenvalue weighted by atomic mass is 10.2. The van der Waals surface area contributed by atoms with Crippen molar-refractivity contribution in [2.75, 3.05) is 20.0 Å². The van der Waals surface area contributed by atoms with Gasteiger partial charge in [0.25, 0.3) is 0 Å². The number of benzene rings is 1. The van der Waals surface area contributed by atoms with Gasteiger partial charge in [-0.1, -0.05) is 6.07 Å². The van der Waals surface area contributed by atoms with Crippen molar-refractivity contribution in [1.29, 1.82) is 0 Å². The Kier molecular flexibility index (Phi) is 5.28. The van der Waals surface area contributed by atoms with Crippen molar-refractivity contribution < 1.29 is 17.6 Å². The number of halogens is 2. The van der Waals surface area contributed by atoms with E-state index in [1.54, 1.807) is 0 Å². The Morgan fingerprint density at radius 2 is 2.05 bits per heavy atom. The summed E-state index contributed by atoms with van der Waals surface area (Å²) in [5.74, 6) is -1.47. The maximum Gasteiger partial charge on any atom is 0.243 e. The molecule has 0 fully saturated rings. The van der Waals surface area contributed by atoms with Gasteiger partial charge >= 0.3 is 0 Å². The molecular weight excluding hydrogens is 295 g/mol. The van der Waals surface area contributed by atoms with Gasteiger partial charge in [0.2, 0.25) is 15.9 Å². The molecule has 1 amide bonds. The van der Waals surface area contributed by atoms with Gasteiger partial charge in [0.15, 0.2) is 0 Å². The van der Waals surface area contributed by atoms with Crippen molar-refractivity contribution in [2.24, 2.45) is 0 Å². The first-order chi connectivity index (χ1) is 8.80. The molecule has 19 heavy (non-hydrogen) atoms. The third kappa shape index (κ3) is 3.65. The Morgan fingerprint density at radius 1 is 1.42 bits per heavy atom. The molecule has 0 aromatic heterocycles. The fraction of sp³-hybridized carbons (Fsp3) is 0.364. The molecule has 8 heteroatoms. The first-order valence-electron chi connectivity index (χ1n) is 5.33. The van der Waals surface area contributed by atoms with Crippen LogP contribution in [0, 0.1) is 5.82 Å². The summed E-state index contributed by atoms with van der Waals surface area (Å²) in [7, 11) is -1.08. The summed E-state index contributed by atoms with van der Waals surface area (Å²) in [5.41, 5.74) is -0.0883. The Morgan fingerprint density at radius 3 is 2.58 bits per heavy atom. The van der Waals surface area contributed by atoms with E-state index in [2.05, 4.69) is 5.32 Å². The summed E-state index contributed by atoms with van der Waals surface area (Å²) in [6.07, 6.45) is 0. The highest BCUT2D eigenvalue weighted by Crippen LogP contribution is 2.21. The monoisotopic (exact) mass is 308 g/mol. The van der Waals surface area contributed by atoms with Crippen LogP contribution in [0.3, 0.4) is 0 Å². The fourth-order valence-corrected chi connectivity index (χ4v) is 2.60. The zero-order valence-electron chi connectivity index (χ0n) is 10.5. The van der Waals surface area contributed by atoms with E-state index in [-0.39, 0.29) is 22.9 Å². The van der Waals surface area contributed by atoms with Crippen LogP contribution in [-0.4, -0.2) is 38.6 Å². The van der Waals surface area contributed by atoms with Gasteiger partial charge in [-0.25, -0.2) is 17.1 Å². The lowest BCUT2D eigenvalue weighted by Gasteiger charge is -2.15. The molecule has 0 radical (unpaired) electrons. The third-order valence-corrected chi connectivity index (χ3v) is 4.56. The number of nitrogens with zero attached hydrogens (tertiary/aromatic N) is 1. The second kappa shape index (κ2) is 6.31. The first-order valence-corrected chi connectivity index (χ1v) is 7.30. The zero-order chi connectivity index (χ0) is 14.6. The largest absolute Gasteiger partial charge is 0.351 e. The SMILES string of the molecule is CN(C)S(=O)(=O)c1cccc(F)c1CNC(=O)CCl. The van der Waals surface area contributed by atoms with Crippen molar-refractivity contribution in [3.05, 3.63) is 29.6 Å². The van der Waals surface area contributed by atoms with E-state index in [4.69, 9.17) is 11.6 Å². The minimum absolute atomic E-state index is 0.0883. The second-order valence-corrected chi connectivity index (χ2v) is 6.30. The molecule has 106 valence electrons. The number of nitrogens with one attached hydrogen (secondary N) is 1. The van der Waals surface area contributed by atoms with Crippen molar-refractivity contribution in [3.63, 3.8) is 0 Å². The molecule has 5 nitrogen and oxygen atoms in total. The number of hydrogen-bond donors (Lipinski definition) is 1. The Labute approximate surface area is 116 Å². The summed E-state index contributed by atoms with van der Waals surface area (Å²) in [6.45, 7) is -0.235. The zero-order valence-corrected chi connectivity index (χ0v) is 12.1. The van der Waals surface area contributed by atoms with Crippen LogP contribution in [0.25, 0.3) is 0 Å². The van der Waals surface area contributed by atoms with Gasteiger partial charge in [0, 0.05) is 26.2 Å². The van der Waals surface area contributed by atoms with Gasteiger partial charge in [-0.2, -0.15) is 0 Å². The van der Waals surface area contributed by atoms with E-state index < -0.39 is 21.7 Å². The first kappa shape index (κ1) is 15.9. The molecule has 0 saturated heterocycles. The summed E-state index contributed by atoms with van der Waals surface area (Å²) < 4.78 is 38.8. The van der Waals surface area contributed by atoms with Crippen LogP contribution in [0.1, 0.15) is 5.56 Å². The normalized spacial score (nSPS) is 11.6. The average Bonchev–Trinajstić information content (AvgIpc) is 2.36. The lowest BCUT2D eigenvalue weighted by Crippen LogP contribution is -2.28. The van der Waals surface area contributed by atoms with Crippen LogP contribution in [0.2, 0.25) is 0 Å². The van der Waals surface area contributed by atoms with Crippen LogP contribution in [0.4, 0.5) is 4.39 Å². The molecule has 1 aromatic rings. The van der Waals surface area contributed by atoms with E-state index in [1.807, 2.05) is 0 Å². The number of carbonyl (C=O) groups is 1. The average molecular weight is 309 g/mol. The van der Waals surface area contributed by atoms with Crippen molar-refractivity contribution >= 4 is 27.5 Å². The molecular formula is C11H14ClFN2O3S. The number of amides is 1. The lowest BCUT2D eigenvalue weighted by molar-refractivity contribution is -0.118. The molecule has 0 unspecified atom stereocenters. The minimum Gasteiger partial charge on any atom is -0.351 e. The van der Waals surface area contributed by atoms with E-state index in [0.717, 1.165) is 10.4 Å². The van der Waals surface area contributed by atoms with Gasteiger partial charge in [-0.3, -0.25) is 4.79 Å². The molecule has 0 aliphatic rings. The Hall–Kier alpha value is -1.18. The number of carbonyl (C=O) groups excluding carboxylic acids is 1. The standard InChI is InChI=1S/C11H14ClFN2O3S/c1-15(2)19(17,18)10-5-3-4-9(13)8(10)7-14-11(16)6-12/h3-5H,6-7H2,1-2H3,(H,14,16). The fourth-order valence-electron chi connectivity index (χ4n) is 1.38. The Bertz CT molecular complexity index is 575. The highest BCUT2D eigenvalue weighted by Gasteiger charge is 2.23. The molecule has 0 aliphatic carbocycles. The molecule has 0 heterocycles. The van der Waals surface area contributed by atoms with Crippen LogP contribution in [-0.2, 0) is 21.4 Å². The molecule has 0 atom stereocenters. The maximum atomic E-state index is 13.7. The quantitative estimate of drug-likeness (QED) is 0.823. The van der Waals surface area contributed by atoms with Gasteiger partial charge in [-0.15, -0.1) is 11.6 Å². The van der Waals surface area contributed by atoms with E-state index in [9.17, 15) is 17.6 Å². The predicted octanol–water partition coefficient (Wildman–Crippen LogP) is 0.931. The van der Waals surface area contributed by atoms with Gasteiger partial charge in [-0.05, 0) is 12.1 Å². The van der Waals surface area contributed by atoms with Crippen LogP contribution < -0.4 is 5.32 Å². The van der Waals surface area contributed by atoms with Gasteiger partial charge in [0.1, 0.15) is 11.7 Å². The van der Waals surface area contributed by atoms with Crippen LogP contribution in [0.5, 0.6) is 0 Å². The summed E-state index contributed by atoms with van der Waals surface area (Å²) in [6, 6.07) is 3.73. The molecule has 1 aromatic carbocycles. The van der Waals surface area contributed by atoms with Gasteiger partial charge < -0.3 is 5.32 Å². The predicted molar refractivity (Wildman–Crippen MR) is 69.8 cm³/mol. The number of hydrogen-bond acceptors (Lipinski definition) is 3. The number of rotatable bonds is 5. The van der Waals surface area contributed by atoms with E-state index in [0.29, 0.717) is 0 Å². The van der Waals surface area contributed by atoms with Crippen molar-refractivity contribution in [2.45, 2.75) is 11.4 Å². The molecule has 0 spiro atoms. The highest BCUT2D eigenvalue weighted by molar-refractivity contribution is 7.89. The molecule has 1 N–H and O–H groups in total. The smallest absolute Gasteiger partial charge is 0.243 e. The van der Waals surface area contributed by atoms with Gasteiger partial charge in [0.05, 0.1) is 4.90 Å². The van der Waals surface area contributed by atoms with Crippen LogP contribution >= 0.6 is 11.6 Å².